The highest BCUT2D eigenvalue weighted by Gasteiger charge is 2.13. The Labute approximate surface area is 121 Å². The van der Waals surface area contributed by atoms with Gasteiger partial charge in [0.2, 0.25) is 0 Å². The van der Waals surface area contributed by atoms with Crippen LogP contribution >= 0.6 is 0 Å². The fourth-order valence-electron chi connectivity index (χ4n) is 2.32. The first-order chi connectivity index (χ1) is 10.0. The van der Waals surface area contributed by atoms with Crippen LogP contribution in [-0.2, 0) is 0 Å². The Morgan fingerprint density at radius 3 is 2.48 bits per heavy atom. The van der Waals surface area contributed by atoms with Gasteiger partial charge in [0, 0.05) is 16.6 Å². The van der Waals surface area contributed by atoms with Gasteiger partial charge in [0.15, 0.2) is 0 Å². The minimum atomic E-state index is -0.954. The molecule has 0 bridgehead atoms. The third-order valence-corrected chi connectivity index (χ3v) is 3.40. The lowest BCUT2D eigenvalue weighted by Crippen LogP contribution is -2.00. The highest BCUT2D eigenvalue weighted by molar-refractivity contribution is 6.04. The fraction of sp³-hybridized carbons (Fsp3) is 0.0588. The maximum atomic E-state index is 11.5. The Morgan fingerprint density at radius 1 is 1.10 bits per heavy atom. The SMILES string of the molecule is Cc1ccc2nc(-c3ccc(N)cc3)cc(C(=O)O)c2c1. The van der Waals surface area contributed by atoms with Crippen LogP contribution in [0.1, 0.15) is 15.9 Å². The topological polar surface area (TPSA) is 76.2 Å². The molecule has 4 nitrogen and oxygen atoms in total. The molecule has 0 fully saturated rings. The molecule has 3 N–H and O–H groups in total. The summed E-state index contributed by atoms with van der Waals surface area (Å²) in [6.07, 6.45) is 0. The summed E-state index contributed by atoms with van der Waals surface area (Å²) in [5, 5.41) is 10.1. The average molecular weight is 278 g/mol. The number of aryl methyl sites for hydroxylation is 1. The average Bonchev–Trinajstić information content (AvgIpc) is 2.46. The van der Waals surface area contributed by atoms with E-state index in [9.17, 15) is 9.90 Å². The van der Waals surface area contributed by atoms with Crippen molar-refractivity contribution in [2.24, 2.45) is 0 Å². The summed E-state index contributed by atoms with van der Waals surface area (Å²) in [4.78, 5) is 16.1. The largest absolute Gasteiger partial charge is 0.478 e. The molecular formula is C17H14N2O2. The number of fused-ring (bicyclic) bond motifs is 1. The van der Waals surface area contributed by atoms with Crippen LogP contribution in [0.2, 0.25) is 0 Å². The number of aromatic carboxylic acids is 1. The molecular weight excluding hydrogens is 264 g/mol. The number of pyridine rings is 1. The van der Waals surface area contributed by atoms with Crippen molar-refractivity contribution in [3.8, 4) is 11.3 Å². The molecule has 3 rings (SSSR count). The maximum Gasteiger partial charge on any atom is 0.336 e. The quantitative estimate of drug-likeness (QED) is 0.703. The second-order valence-electron chi connectivity index (χ2n) is 5.00. The highest BCUT2D eigenvalue weighted by atomic mass is 16.4. The van der Waals surface area contributed by atoms with Crippen molar-refractivity contribution in [2.45, 2.75) is 6.92 Å². The van der Waals surface area contributed by atoms with Gasteiger partial charge in [-0.15, -0.1) is 0 Å². The van der Waals surface area contributed by atoms with Crippen molar-refractivity contribution in [3.05, 3.63) is 59.7 Å². The standard InChI is InChI=1S/C17H14N2O2/c1-10-2-7-15-13(8-10)14(17(20)21)9-16(19-15)11-3-5-12(18)6-4-11/h2-9H,18H2,1H3,(H,20,21). The van der Waals surface area contributed by atoms with Crippen molar-refractivity contribution in [3.63, 3.8) is 0 Å². The molecule has 21 heavy (non-hydrogen) atoms. The zero-order chi connectivity index (χ0) is 15.0. The van der Waals surface area contributed by atoms with Crippen LogP contribution in [0.5, 0.6) is 0 Å². The van der Waals surface area contributed by atoms with Gasteiger partial charge in [-0.1, -0.05) is 23.8 Å². The molecule has 0 amide bonds. The summed E-state index contributed by atoms with van der Waals surface area (Å²) in [6, 6.07) is 14.4. The van der Waals surface area contributed by atoms with Gasteiger partial charge in [-0.3, -0.25) is 0 Å². The second kappa shape index (κ2) is 4.90. The first-order valence-corrected chi connectivity index (χ1v) is 6.55. The lowest BCUT2D eigenvalue weighted by Gasteiger charge is -2.08. The van der Waals surface area contributed by atoms with Crippen molar-refractivity contribution in [1.29, 1.82) is 0 Å². The molecule has 2 aromatic carbocycles. The molecule has 3 aromatic rings. The van der Waals surface area contributed by atoms with Gasteiger partial charge in [0.25, 0.3) is 0 Å². The molecule has 0 aliphatic rings. The molecule has 0 unspecified atom stereocenters. The van der Waals surface area contributed by atoms with Crippen LogP contribution in [0, 0.1) is 6.92 Å². The van der Waals surface area contributed by atoms with Crippen LogP contribution in [0.3, 0.4) is 0 Å². The van der Waals surface area contributed by atoms with Gasteiger partial charge < -0.3 is 10.8 Å². The molecule has 0 aliphatic heterocycles. The van der Waals surface area contributed by atoms with Crippen LogP contribution in [0.25, 0.3) is 22.2 Å². The Kier molecular flexibility index (Phi) is 3.06. The van der Waals surface area contributed by atoms with E-state index in [1.807, 2.05) is 37.3 Å². The lowest BCUT2D eigenvalue weighted by atomic mass is 10.0. The molecule has 0 atom stereocenters. The monoisotopic (exact) mass is 278 g/mol. The molecule has 0 saturated heterocycles. The van der Waals surface area contributed by atoms with Crippen molar-refractivity contribution in [2.75, 3.05) is 5.73 Å². The molecule has 0 spiro atoms. The van der Waals surface area contributed by atoms with Gasteiger partial charge >= 0.3 is 5.97 Å². The van der Waals surface area contributed by atoms with Crippen LogP contribution in [-0.4, -0.2) is 16.1 Å². The van der Waals surface area contributed by atoms with E-state index in [4.69, 9.17) is 5.73 Å². The van der Waals surface area contributed by atoms with Crippen molar-refractivity contribution < 1.29 is 9.90 Å². The Balaban J connectivity index is 2.28. The molecule has 0 radical (unpaired) electrons. The van der Waals surface area contributed by atoms with Crippen molar-refractivity contribution >= 4 is 22.6 Å². The minimum absolute atomic E-state index is 0.260. The number of nitrogens with two attached hydrogens (primary N) is 1. The van der Waals surface area contributed by atoms with Crippen LogP contribution in [0.15, 0.2) is 48.5 Å². The first kappa shape index (κ1) is 13.1. The molecule has 0 aliphatic carbocycles. The van der Waals surface area contributed by atoms with E-state index in [0.29, 0.717) is 22.3 Å². The zero-order valence-electron chi connectivity index (χ0n) is 11.5. The number of hydrogen-bond donors (Lipinski definition) is 2. The maximum absolute atomic E-state index is 11.5. The summed E-state index contributed by atoms with van der Waals surface area (Å²) in [5.74, 6) is -0.954. The van der Waals surface area contributed by atoms with Crippen LogP contribution in [0.4, 0.5) is 5.69 Å². The molecule has 104 valence electrons. The number of hydrogen-bond acceptors (Lipinski definition) is 3. The number of carbonyl (C=O) groups is 1. The normalized spacial score (nSPS) is 10.7. The molecule has 0 saturated carbocycles. The number of carboxylic acid groups (broad SMARTS) is 1. The number of anilines is 1. The van der Waals surface area contributed by atoms with Crippen LogP contribution < -0.4 is 5.73 Å². The summed E-state index contributed by atoms with van der Waals surface area (Å²) in [5.41, 5.74) is 9.75. The minimum Gasteiger partial charge on any atom is -0.478 e. The number of carboxylic acids is 1. The van der Waals surface area contributed by atoms with E-state index in [1.54, 1.807) is 18.2 Å². The fourth-order valence-corrected chi connectivity index (χ4v) is 2.32. The molecule has 4 heteroatoms. The number of benzene rings is 2. The predicted octanol–water partition coefficient (Wildman–Crippen LogP) is 3.49. The summed E-state index contributed by atoms with van der Waals surface area (Å²) in [7, 11) is 0. The van der Waals surface area contributed by atoms with E-state index in [0.717, 1.165) is 11.1 Å². The van der Waals surface area contributed by atoms with E-state index in [1.165, 1.54) is 0 Å². The number of nitrogens with zero attached hydrogens (tertiary/aromatic N) is 1. The Hall–Kier alpha value is -2.88. The number of rotatable bonds is 2. The highest BCUT2D eigenvalue weighted by Crippen LogP contribution is 2.26. The van der Waals surface area contributed by atoms with Gasteiger partial charge in [0.05, 0.1) is 16.8 Å². The second-order valence-corrected chi connectivity index (χ2v) is 5.00. The summed E-state index contributed by atoms with van der Waals surface area (Å²) >= 11 is 0. The summed E-state index contributed by atoms with van der Waals surface area (Å²) in [6.45, 7) is 1.93. The third-order valence-electron chi connectivity index (χ3n) is 3.40. The van der Waals surface area contributed by atoms with Gasteiger partial charge in [0.1, 0.15) is 0 Å². The van der Waals surface area contributed by atoms with Gasteiger partial charge in [-0.25, -0.2) is 9.78 Å². The third kappa shape index (κ3) is 2.43. The van der Waals surface area contributed by atoms with Gasteiger partial charge in [-0.2, -0.15) is 0 Å². The van der Waals surface area contributed by atoms with E-state index in [2.05, 4.69) is 4.98 Å². The molecule has 1 aromatic heterocycles. The zero-order valence-corrected chi connectivity index (χ0v) is 11.5. The van der Waals surface area contributed by atoms with Gasteiger partial charge in [-0.05, 0) is 37.3 Å². The Bertz CT molecular complexity index is 839. The smallest absolute Gasteiger partial charge is 0.336 e. The van der Waals surface area contributed by atoms with E-state index >= 15 is 0 Å². The lowest BCUT2D eigenvalue weighted by molar-refractivity contribution is 0.0699. The van der Waals surface area contributed by atoms with E-state index in [-0.39, 0.29) is 5.56 Å². The number of aromatic nitrogens is 1. The van der Waals surface area contributed by atoms with E-state index < -0.39 is 5.97 Å². The van der Waals surface area contributed by atoms with Crippen molar-refractivity contribution in [1.82, 2.24) is 4.98 Å². The first-order valence-electron chi connectivity index (χ1n) is 6.55. The summed E-state index contributed by atoms with van der Waals surface area (Å²) < 4.78 is 0. The Morgan fingerprint density at radius 2 is 1.81 bits per heavy atom. The molecule has 1 heterocycles. The predicted molar refractivity (Wildman–Crippen MR) is 83.3 cm³/mol. The number of nitrogen functional groups attached to an aromatic ring is 1.